The van der Waals surface area contributed by atoms with E-state index in [0.717, 1.165) is 11.1 Å². The Morgan fingerprint density at radius 3 is 2.92 bits per heavy atom. The number of nitrogens with zero attached hydrogens (tertiary/aromatic N) is 5. The van der Waals surface area contributed by atoms with Crippen LogP contribution in [0.1, 0.15) is 20.3 Å². The predicted octanol–water partition coefficient (Wildman–Crippen LogP) is 1.27. The number of nitrogens with one attached hydrogen (secondary N) is 1. The van der Waals surface area contributed by atoms with Crippen LogP contribution < -0.4 is 10.9 Å². The van der Waals surface area contributed by atoms with E-state index in [9.17, 15) is 9.59 Å². The lowest BCUT2D eigenvalue weighted by atomic mass is 10.2. The summed E-state index contributed by atoms with van der Waals surface area (Å²) in [6.45, 7) is 3.68. The van der Waals surface area contributed by atoms with Crippen LogP contribution in [0.3, 0.4) is 0 Å². The Hall–Kier alpha value is -3.36. The number of carbonyl (C=O) groups excluding carboxylic acids is 1. The maximum absolute atomic E-state index is 12.0. The lowest BCUT2D eigenvalue weighted by Gasteiger charge is -2.11. The highest BCUT2D eigenvalue weighted by atomic mass is 16.5. The average Bonchev–Trinajstić information content (AvgIpc) is 3.14. The van der Waals surface area contributed by atoms with E-state index in [-0.39, 0.29) is 29.9 Å². The van der Waals surface area contributed by atoms with Gasteiger partial charge in [0.2, 0.25) is 11.7 Å². The summed E-state index contributed by atoms with van der Waals surface area (Å²) in [6.07, 6.45) is 4.06. The van der Waals surface area contributed by atoms with Crippen LogP contribution in [0.15, 0.2) is 46.0 Å². The molecule has 3 aromatic rings. The number of carbonyl (C=O) groups is 1. The quantitative estimate of drug-likeness (QED) is 0.708. The summed E-state index contributed by atoms with van der Waals surface area (Å²) in [5.74, 6) is 0.231. The van der Waals surface area contributed by atoms with Gasteiger partial charge in [-0.05, 0) is 31.5 Å². The first kappa shape index (κ1) is 17.5. The Morgan fingerprint density at radius 1 is 1.35 bits per heavy atom. The third-order valence-corrected chi connectivity index (χ3v) is 3.74. The number of hydrogen-bond donors (Lipinski definition) is 1. The molecule has 3 heterocycles. The van der Waals surface area contributed by atoms with E-state index in [1.54, 1.807) is 24.5 Å². The summed E-state index contributed by atoms with van der Waals surface area (Å²) in [5.41, 5.74) is 0.618. The molecule has 1 atom stereocenters. The summed E-state index contributed by atoms with van der Waals surface area (Å²) in [7, 11) is 0. The summed E-state index contributed by atoms with van der Waals surface area (Å²) >= 11 is 0. The van der Waals surface area contributed by atoms with Gasteiger partial charge < -0.3 is 9.84 Å². The van der Waals surface area contributed by atoms with Gasteiger partial charge >= 0.3 is 0 Å². The first-order chi connectivity index (χ1) is 12.6. The van der Waals surface area contributed by atoms with Gasteiger partial charge in [0.1, 0.15) is 12.2 Å². The van der Waals surface area contributed by atoms with E-state index in [2.05, 4.69) is 25.5 Å². The normalized spacial score (nSPS) is 11.9. The van der Waals surface area contributed by atoms with E-state index < -0.39 is 0 Å². The van der Waals surface area contributed by atoms with E-state index in [4.69, 9.17) is 4.52 Å². The van der Waals surface area contributed by atoms with Crippen LogP contribution in [0.4, 0.5) is 0 Å². The molecule has 0 aliphatic carbocycles. The molecule has 0 saturated carbocycles. The van der Waals surface area contributed by atoms with E-state index in [1.165, 1.54) is 12.1 Å². The fraction of sp³-hybridized carbons (Fsp3) is 0.294. The molecule has 9 heteroatoms. The number of amides is 1. The van der Waals surface area contributed by atoms with Crippen LogP contribution >= 0.6 is 0 Å². The predicted molar refractivity (Wildman–Crippen MR) is 92.9 cm³/mol. The van der Waals surface area contributed by atoms with Crippen molar-refractivity contribution in [3.05, 3.63) is 47.0 Å². The first-order valence-electron chi connectivity index (χ1n) is 8.19. The van der Waals surface area contributed by atoms with Gasteiger partial charge in [-0.15, -0.1) is 0 Å². The molecule has 0 unspecified atom stereocenters. The van der Waals surface area contributed by atoms with Crippen molar-refractivity contribution in [2.24, 2.45) is 0 Å². The minimum absolute atomic E-state index is 0.0272. The molecule has 3 rings (SSSR count). The largest absolute Gasteiger partial charge is 0.352 e. The topological polar surface area (TPSA) is 116 Å². The second kappa shape index (κ2) is 7.68. The zero-order valence-electron chi connectivity index (χ0n) is 14.4. The van der Waals surface area contributed by atoms with Gasteiger partial charge in [-0.3, -0.25) is 14.6 Å². The summed E-state index contributed by atoms with van der Waals surface area (Å²) in [6, 6.07) is 6.38. The molecule has 0 bridgehead atoms. The zero-order chi connectivity index (χ0) is 18.5. The number of pyridine rings is 1. The Balaban J connectivity index is 1.83. The summed E-state index contributed by atoms with van der Waals surface area (Å²) < 4.78 is 6.29. The standard InChI is InChI=1S/C17H18N6O3/c1-3-11(2)19-14(24)10-23-15(25)7-6-13(21-23)17-20-16(22-26-17)12-5-4-8-18-9-12/h4-9,11H,3,10H2,1-2H3,(H,19,24)/t11-/m1/s1. The summed E-state index contributed by atoms with van der Waals surface area (Å²) in [5, 5.41) is 10.8. The maximum Gasteiger partial charge on any atom is 0.278 e. The number of rotatable bonds is 6. The van der Waals surface area contributed by atoms with Crippen LogP contribution in [0.5, 0.6) is 0 Å². The molecule has 0 aliphatic rings. The lowest BCUT2D eigenvalue weighted by molar-refractivity contribution is -0.122. The van der Waals surface area contributed by atoms with Crippen molar-refractivity contribution in [3.8, 4) is 23.0 Å². The monoisotopic (exact) mass is 354 g/mol. The second-order valence-electron chi connectivity index (χ2n) is 5.76. The molecule has 9 nitrogen and oxygen atoms in total. The Kier molecular flexibility index (Phi) is 5.16. The van der Waals surface area contributed by atoms with Crippen LogP contribution in [0.25, 0.3) is 23.0 Å². The van der Waals surface area contributed by atoms with Gasteiger partial charge in [0, 0.05) is 30.1 Å². The van der Waals surface area contributed by atoms with Gasteiger partial charge in [0.25, 0.3) is 11.4 Å². The highest BCUT2D eigenvalue weighted by molar-refractivity contribution is 5.75. The van der Waals surface area contributed by atoms with Gasteiger partial charge in [-0.2, -0.15) is 10.1 Å². The second-order valence-corrected chi connectivity index (χ2v) is 5.76. The van der Waals surface area contributed by atoms with E-state index in [1.807, 2.05) is 13.8 Å². The van der Waals surface area contributed by atoms with Crippen LogP contribution in [-0.2, 0) is 11.3 Å². The molecule has 1 N–H and O–H groups in total. The van der Waals surface area contributed by atoms with Crippen molar-refractivity contribution in [3.63, 3.8) is 0 Å². The maximum atomic E-state index is 12.0. The molecule has 0 saturated heterocycles. The van der Waals surface area contributed by atoms with Crippen molar-refractivity contribution >= 4 is 5.91 Å². The molecular weight excluding hydrogens is 336 g/mol. The number of aromatic nitrogens is 5. The SMILES string of the molecule is CC[C@@H](C)NC(=O)Cn1nc(-c2nc(-c3cccnc3)no2)ccc1=O. The fourth-order valence-electron chi connectivity index (χ4n) is 2.17. The van der Waals surface area contributed by atoms with Gasteiger partial charge in [0.15, 0.2) is 0 Å². The van der Waals surface area contributed by atoms with E-state index >= 15 is 0 Å². The summed E-state index contributed by atoms with van der Waals surface area (Å²) in [4.78, 5) is 32.2. The van der Waals surface area contributed by atoms with Crippen molar-refractivity contribution in [2.75, 3.05) is 0 Å². The van der Waals surface area contributed by atoms with Crippen molar-refractivity contribution in [2.45, 2.75) is 32.9 Å². The van der Waals surface area contributed by atoms with Gasteiger partial charge in [0.05, 0.1) is 0 Å². The van der Waals surface area contributed by atoms with Crippen LogP contribution in [-0.4, -0.2) is 36.9 Å². The molecule has 134 valence electrons. The molecule has 0 aromatic carbocycles. The molecule has 0 aliphatic heterocycles. The van der Waals surface area contributed by atoms with Gasteiger partial charge in [-0.1, -0.05) is 12.1 Å². The smallest absolute Gasteiger partial charge is 0.278 e. The number of hydrogen-bond acceptors (Lipinski definition) is 7. The Labute approximate surface area is 149 Å². The van der Waals surface area contributed by atoms with Crippen molar-refractivity contribution in [1.29, 1.82) is 0 Å². The molecule has 26 heavy (non-hydrogen) atoms. The molecule has 0 radical (unpaired) electrons. The Bertz CT molecular complexity index is 950. The molecular formula is C17H18N6O3. The zero-order valence-corrected chi connectivity index (χ0v) is 14.4. The van der Waals surface area contributed by atoms with Crippen LogP contribution in [0.2, 0.25) is 0 Å². The fourth-order valence-corrected chi connectivity index (χ4v) is 2.17. The van der Waals surface area contributed by atoms with Gasteiger partial charge in [-0.25, -0.2) is 4.68 Å². The molecule has 0 fully saturated rings. The van der Waals surface area contributed by atoms with Crippen LogP contribution in [0, 0.1) is 0 Å². The molecule has 0 spiro atoms. The lowest BCUT2D eigenvalue weighted by Crippen LogP contribution is -2.37. The minimum atomic E-state index is -0.389. The first-order valence-corrected chi connectivity index (χ1v) is 8.19. The molecule has 1 amide bonds. The van der Waals surface area contributed by atoms with E-state index in [0.29, 0.717) is 17.1 Å². The van der Waals surface area contributed by atoms with Crippen molar-refractivity contribution < 1.29 is 9.32 Å². The minimum Gasteiger partial charge on any atom is -0.352 e. The highest BCUT2D eigenvalue weighted by Gasteiger charge is 2.15. The van der Waals surface area contributed by atoms with Crippen molar-refractivity contribution in [1.82, 2.24) is 30.2 Å². The highest BCUT2D eigenvalue weighted by Crippen LogP contribution is 2.19. The third kappa shape index (κ3) is 4.00. The molecule has 3 aromatic heterocycles. The Morgan fingerprint density at radius 2 is 2.19 bits per heavy atom. The average molecular weight is 354 g/mol. The third-order valence-electron chi connectivity index (χ3n) is 3.74.